The van der Waals surface area contributed by atoms with Gasteiger partial charge in [-0.05, 0) is 49.8 Å². The summed E-state index contributed by atoms with van der Waals surface area (Å²) < 4.78 is 0. The van der Waals surface area contributed by atoms with Crippen LogP contribution < -0.4 is 5.32 Å². The molecule has 5 heteroatoms. The second-order valence-corrected chi connectivity index (χ2v) is 8.75. The third-order valence-corrected chi connectivity index (χ3v) is 6.77. The molecule has 1 unspecified atom stereocenters. The molecule has 2 amide bonds. The van der Waals surface area contributed by atoms with E-state index in [-0.39, 0.29) is 23.8 Å². The Kier molecular flexibility index (Phi) is 6.89. The van der Waals surface area contributed by atoms with E-state index in [0.29, 0.717) is 13.1 Å². The summed E-state index contributed by atoms with van der Waals surface area (Å²) in [5.74, 6) is 0.155. The van der Waals surface area contributed by atoms with Crippen LogP contribution >= 0.6 is 11.3 Å². The zero-order valence-corrected chi connectivity index (χ0v) is 17.8. The molecule has 1 fully saturated rings. The summed E-state index contributed by atoms with van der Waals surface area (Å²) in [5, 5.41) is 3.17. The van der Waals surface area contributed by atoms with E-state index in [1.165, 1.54) is 10.4 Å². The molecule has 28 heavy (non-hydrogen) atoms. The molecule has 1 aliphatic heterocycles. The lowest BCUT2D eigenvalue weighted by molar-refractivity contribution is -0.134. The number of nitrogens with zero attached hydrogens (tertiary/aromatic N) is 1. The van der Waals surface area contributed by atoms with Gasteiger partial charge in [0.1, 0.15) is 0 Å². The van der Waals surface area contributed by atoms with E-state index in [1.54, 1.807) is 11.3 Å². The Labute approximate surface area is 172 Å². The third-order valence-electron chi connectivity index (χ3n) is 5.68. The van der Waals surface area contributed by atoms with Gasteiger partial charge >= 0.3 is 0 Å². The number of piperidine rings is 1. The maximum Gasteiger partial charge on any atom is 0.261 e. The first-order valence-corrected chi connectivity index (χ1v) is 11.1. The van der Waals surface area contributed by atoms with Crippen LogP contribution in [0.15, 0.2) is 36.4 Å². The fraction of sp³-hybridized carbons (Fsp3) is 0.478. The van der Waals surface area contributed by atoms with Gasteiger partial charge in [0.15, 0.2) is 0 Å². The van der Waals surface area contributed by atoms with E-state index in [1.807, 2.05) is 41.3 Å². The van der Waals surface area contributed by atoms with Gasteiger partial charge in [-0.15, -0.1) is 11.3 Å². The summed E-state index contributed by atoms with van der Waals surface area (Å²) in [4.78, 5) is 29.5. The summed E-state index contributed by atoms with van der Waals surface area (Å²) in [7, 11) is 0. The molecule has 2 heterocycles. The maximum absolute atomic E-state index is 13.0. The molecular formula is C23H30N2O2S. The highest BCUT2D eigenvalue weighted by Gasteiger charge is 2.29. The second-order valence-electron chi connectivity index (χ2n) is 7.49. The van der Waals surface area contributed by atoms with Crippen LogP contribution in [-0.4, -0.2) is 35.8 Å². The molecule has 1 aliphatic rings. The highest BCUT2D eigenvalue weighted by atomic mass is 32.1. The summed E-state index contributed by atoms with van der Waals surface area (Å²) in [6, 6.07) is 12.2. The Hall–Kier alpha value is -2.14. The number of rotatable bonds is 6. The first-order chi connectivity index (χ1) is 13.5. The molecule has 0 bridgehead atoms. The standard InChI is InChI=1S/C23H30N2O2S/c1-4-17-15-21(28-16(17)3)22(26)24-19-11-13-25(14-12-19)23(27)20(5-2)18-9-7-6-8-10-18/h6-10,15,19-20H,4-5,11-14H2,1-3H3,(H,24,26). The molecular weight excluding hydrogens is 368 g/mol. The topological polar surface area (TPSA) is 49.4 Å². The van der Waals surface area contributed by atoms with Crippen LogP contribution in [0, 0.1) is 6.92 Å². The monoisotopic (exact) mass is 398 g/mol. The van der Waals surface area contributed by atoms with Crippen molar-refractivity contribution in [2.45, 2.75) is 58.4 Å². The molecule has 0 saturated carbocycles. The number of nitrogens with one attached hydrogen (secondary N) is 1. The van der Waals surface area contributed by atoms with Gasteiger partial charge in [-0.1, -0.05) is 44.2 Å². The molecule has 0 aliphatic carbocycles. The average molecular weight is 399 g/mol. The van der Waals surface area contributed by atoms with Crippen LogP contribution in [0.1, 0.15) is 64.7 Å². The van der Waals surface area contributed by atoms with Crippen molar-refractivity contribution in [1.29, 1.82) is 0 Å². The minimum Gasteiger partial charge on any atom is -0.348 e. The predicted molar refractivity (Wildman–Crippen MR) is 115 cm³/mol. The van der Waals surface area contributed by atoms with Gasteiger partial charge in [0.05, 0.1) is 10.8 Å². The van der Waals surface area contributed by atoms with Gasteiger partial charge in [0.25, 0.3) is 5.91 Å². The van der Waals surface area contributed by atoms with Crippen molar-refractivity contribution in [3.8, 4) is 0 Å². The third kappa shape index (κ3) is 4.64. The zero-order valence-electron chi connectivity index (χ0n) is 17.0. The molecule has 1 saturated heterocycles. The molecule has 1 atom stereocenters. The van der Waals surface area contributed by atoms with Crippen LogP contribution in [0.5, 0.6) is 0 Å². The van der Waals surface area contributed by atoms with Crippen molar-refractivity contribution in [2.24, 2.45) is 0 Å². The van der Waals surface area contributed by atoms with Crippen LogP contribution in [0.25, 0.3) is 0 Å². The lowest BCUT2D eigenvalue weighted by Gasteiger charge is -2.34. The number of amides is 2. The van der Waals surface area contributed by atoms with Crippen LogP contribution in [0.3, 0.4) is 0 Å². The van der Waals surface area contributed by atoms with Crippen molar-refractivity contribution < 1.29 is 9.59 Å². The number of likely N-dealkylation sites (tertiary alicyclic amines) is 1. The average Bonchev–Trinajstić information content (AvgIpc) is 3.11. The molecule has 1 aromatic heterocycles. The zero-order chi connectivity index (χ0) is 20.1. The smallest absolute Gasteiger partial charge is 0.261 e. The van der Waals surface area contributed by atoms with Crippen molar-refractivity contribution in [3.05, 3.63) is 57.3 Å². The quantitative estimate of drug-likeness (QED) is 0.777. The molecule has 1 N–H and O–H groups in total. The summed E-state index contributed by atoms with van der Waals surface area (Å²) in [6.45, 7) is 7.66. The Balaban J connectivity index is 1.55. The van der Waals surface area contributed by atoms with E-state index in [2.05, 4.69) is 26.1 Å². The van der Waals surface area contributed by atoms with Gasteiger partial charge < -0.3 is 10.2 Å². The lowest BCUT2D eigenvalue weighted by Crippen LogP contribution is -2.47. The maximum atomic E-state index is 13.0. The van der Waals surface area contributed by atoms with Crippen LogP contribution in [0.4, 0.5) is 0 Å². The molecule has 2 aromatic rings. The van der Waals surface area contributed by atoms with E-state index < -0.39 is 0 Å². The SMILES string of the molecule is CCc1cc(C(=O)NC2CCN(C(=O)C(CC)c3ccccc3)CC2)sc1C. The first-order valence-electron chi connectivity index (χ1n) is 10.3. The number of hydrogen-bond donors (Lipinski definition) is 1. The molecule has 0 radical (unpaired) electrons. The highest BCUT2D eigenvalue weighted by Crippen LogP contribution is 2.25. The van der Waals surface area contributed by atoms with Crippen LogP contribution in [0.2, 0.25) is 0 Å². The van der Waals surface area contributed by atoms with E-state index in [4.69, 9.17) is 0 Å². The van der Waals surface area contributed by atoms with E-state index in [0.717, 1.165) is 36.1 Å². The van der Waals surface area contributed by atoms with Crippen molar-refractivity contribution in [3.63, 3.8) is 0 Å². The predicted octanol–water partition coefficient (Wildman–Crippen LogP) is 4.53. The Morgan fingerprint density at radius 3 is 2.43 bits per heavy atom. The number of aryl methyl sites for hydroxylation is 2. The Morgan fingerprint density at radius 1 is 1.18 bits per heavy atom. The number of hydrogen-bond acceptors (Lipinski definition) is 3. The Morgan fingerprint density at radius 2 is 1.86 bits per heavy atom. The lowest BCUT2D eigenvalue weighted by atomic mass is 9.93. The van der Waals surface area contributed by atoms with Crippen molar-refractivity contribution >= 4 is 23.2 Å². The minimum atomic E-state index is -0.0751. The fourth-order valence-electron chi connectivity index (χ4n) is 3.94. The second kappa shape index (κ2) is 9.37. The van der Waals surface area contributed by atoms with E-state index >= 15 is 0 Å². The van der Waals surface area contributed by atoms with Crippen LogP contribution in [-0.2, 0) is 11.2 Å². The summed E-state index contributed by atoms with van der Waals surface area (Å²) in [5.41, 5.74) is 2.34. The largest absolute Gasteiger partial charge is 0.348 e. The molecule has 4 nitrogen and oxygen atoms in total. The minimum absolute atomic E-state index is 0.0216. The fourth-order valence-corrected chi connectivity index (χ4v) is 4.96. The molecule has 0 spiro atoms. The normalized spacial score (nSPS) is 16.0. The number of thiophene rings is 1. The van der Waals surface area contributed by atoms with Gasteiger partial charge in [0, 0.05) is 24.0 Å². The van der Waals surface area contributed by atoms with E-state index in [9.17, 15) is 9.59 Å². The number of carbonyl (C=O) groups excluding carboxylic acids is 2. The van der Waals surface area contributed by atoms with Crippen molar-refractivity contribution in [1.82, 2.24) is 10.2 Å². The molecule has 150 valence electrons. The molecule has 3 rings (SSSR count). The summed E-state index contributed by atoms with van der Waals surface area (Å²) in [6.07, 6.45) is 3.38. The number of carbonyl (C=O) groups is 2. The van der Waals surface area contributed by atoms with Gasteiger partial charge in [0.2, 0.25) is 5.91 Å². The number of benzene rings is 1. The first kappa shape index (κ1) is 20.6. The van der Waals surface area contributed by atoms with Gasteiger partial charge in [-0.3, -0.25) is 9.59 Å². The van der Waals surface area contributed by atoms with Crippen molar-refractivity contribution in [2.75, 3.05) is 13.1 Å². The van der Waals surface area contributed by atoms with Gasteiger partial charge in [-0.2, -0.15) is 0 Å². The van der Waals surface area contributed by atoms with Gasteiger partial charge in [-0.25, -0.2) is 0 Å². The summed E-state index contributed by atoms with van der Waals surface area (Å²) >= 11 is 1.57. The Bertz CT molecular complexity index is 807. The highest BCUT2D eigenvalue weighted by molar-refractivity contribution is 7.14. The molecule has 1 aromatic carbocycles.